The average Bonchev–Trinajstić information content (AvgIpc) is 3.07. The van der Waals surface area contributed by atoms with Crippen LogP contribution < -0.4 is 10.1 Å². The van der Waals surface area contributed by atoms with Crippen LogP contribution in [-0.4, -0.2) is 34.3 Å². The van der Waals surface area contributed by atoms with Crippen LogP contribution in [0.5, 0.6) is 5.75 Å². The van der Waals surface area contributed by atoms with Gasteiger partial charge in [-0.2, -0.15) is 5.10 Å². The topological polar surface area (TPSA) is 70.2 Å². The van der Waals surface area contributed by atoms with E-state index in [1.807, 2.05) is 38.1 Å². The standard InChI is InChI=1S/C16H20N4O2/c1-10(2)17-16(21)20-8-13-14(9-20)18-19-15(13)11-4-6-12(22-3)7-5-11/h4-7,10H,8-9H2,1-3H3,(H,17,21)(H,18,19). The number of nitrogens with one attached hydrogen (secondary N) is 2. The number of carbonyl (C=O) groups is 1. The van der Waals surface area contributed by atoms with Gasteiger partial charge in [0.2, 0.25) is 0 Å². The first kappa shape index (κ1) is 14.4. The molecule has 6 heteroatoms. The van der Waals surface area contributed by atoms with Crippen molar-refractivity contribution in [1.29, 1.82) is 0 Å². The van der Waals surface area contributed by atoms with Crippen LogP contribution >= 0.6 is 0 Å². The fraction of sp³-hybridized carbons (Fsp3) is 0.375. The fourth-order valence-corrected chi connectivity index (χ4v) is 2.61. The quantitative estimate of drug-likeness (QED) is 0.915. The van der Waals surface area contributed by atoms with Gasteiger partial charge in [0.25, 0.3) is 0 Å². The first-order chi connectivity index (χ1) is 10.6. The maximum atomic E-state index is 12.1. The van der Waals surface area contributed by atoms with Crippen LogP contribution in [0.4, 0.5) is 4.79 Å². The molecule has 0 atom stereocenters. The number of aromatic nitrogens is 2. The Labute approximate surface area is 129 Å². The Balaban J connectivity index is 1.80. The minimum atomic E-state index is -0.0414. The van der Waals surface area contributed by atoms with E-state index in [4.69, 9.17) is 4.74 Å². The Morgan fingerprint density at radius 3 is 2.68 bits per heavy atom. The van der Waals surface area contributed by atoms with Gasteiger partial charge in [-0.3, -0.25) is 5.10 Å². The highest BCUT2D eigenvalue weighted by Crippen LogP contribution is 2.31. The summed E-state index contributed by atoms with van der Waals surface area (Å²) in [6.45, 7) is 5.05. The van der Waals surface area contributed by atoms with Crippen LogP contribution in [0.2, 0.25) is 0 Å². The third-order valence-electron chi connectivity index (χ3n) is 3.71. The molecule has 0 aliphatic carbocycles. The number of urea groups is 1. The van der Waals surface area contributed by atoms with Crippen LogP contribution in [-0.2, 0) is 13.1 Å². The number of nitrogens with zero attached hydrogens (tertiary/aromatic N) is 2. The van der Waals surface area contributed by atoms with Gasteiger partial charge in [0.1, 0.15) is 5.75 Å². The zero-order chi connectivity index (χ0) is 15.7. The molecule has 2 N–H and O–H groups in total. The van der Waals surface area contributed by atoms with Crippen molar-refractivity contribution in [3.8, 4) is 17.0 Å². The van der Waals surface area contributed by atoms with Gasteiger partial charge in [0.15, 0.2) is 0 Å². The molecular weight excluding hydrogens is 280 g/mol. The molecule has 1 aliphatic rings. The number of rotatable bonds is 3. The lowest BCUT2D eigenvalue weighted by Gasteiger charge is -2.18. The number of methoxy groups -OCH3 is 1. The SMILES string of the molecule is COc1ccc(-c2n[nH]c3c2CN(C(=O)NC(C)C)C3)cc1. The molecular formula is C16H20N4O2. The smallest absolute Gasteiger partial charge is 0.318 e. The Hall–Kier alpha value is -2.50. The first-order valence-electron chi connectivity index (χ1n) is 7.34. The second-order valence-corrected chi connectivity index (χ2v) is 5.72. The van der Waals surface area contributed by atoms with E-state index < -0.39 is 0 Å². The van der Waals surface area contributed by atoms with E-state index in [9.17, 15) is 4.79 Å². The number of aromatic amines is 1. The van der Waals surface area contributed by atoms with Crippen LogP contribution in [0, 0.1) is 0 Å². The molecule has 1 aromatic carbocycles. The molecule has 0 saturated heterocycles. The molecule has 0 spiro atoms. The maximum Gasteiger partial charge on any atom is 0.318 e. The van der Waals surface area contributed by atoms with Crippen molar-refractivity contribution >= 4 is 6.03 Å². The van der Waals surface area contributed by atoms with Crippen molar-refractivity contribution in [3.63, 3.8) is 0 Å². The molecule has 1 aliphatic heterocycles. The van der Waals surface area contributed by atoms with Crippen molar-refractivity contribution in [2.75, 3.05) is 7.11 Å². The lowest BCUT2D eigenvalue weighted by Crippen LogP contribution is -2.40. The van der Waals surface area contributed by atoms with Gasteiger partial charge in [-0.15, -0.1) is 0 Å². The van der Waals surface area contributed by atoms with E-state index in [0.29, 0.717) is 13.1 Å². The third-order valence-corrected chi connectivity index (χ3v) is 3.71. The third kappa shape index (κ3) is 2.64. The Bertz CT molecular complexity index is 676. The lowest BCUT2D eigenvalue weighted by atomic mass is 10.1. The van der Waals surface area contributed by atoms with Crippen molar-refractivity contribution < 1.29 is 9.53 Å². The molecule has 22 heavy (non-hydrogen) atoms. The van der Waals surface area contributed by atoms with Gasteiger partial charge < -0.3 is 15.0 Å². The Morgan fingerprint density at radius 1 is 1.32 bits per heavy atom. The number of amides is 2. The van der Waals surface area contributed by atoms with Gasteiger partial charge >= 0.3 is 6.03 Å². The predicted octanol–water partition coefficient (Wildman–Crippen LogP) is 2.52. The molecule has 0 fully saturated rings. The summed E-state index contributed by atoms with van der Waals surface area (Å²) in [5.41, 5.74) is 4.01. The summed E-state index contributed by atoms with van der Waals surface area (Å²) in [5.74, 6) is 0.814. The maximum absolute atomic E-state index is 12.1. The van der Waals surface area contributed by atoms with E-state index in [-0.39, 0.29) is 12.1 Å². The van der Waals surface area contributed by atoms with E-state index in [2.05, 4.69) is 15.5 Å². The van der Waals surface area contributed by atoms with Crippen molar-refractivity contribution in [2.24, 2.45) is 0 Å². The van der Waals surface area contributed by atoms with Crippen LogP contribution in [0.15, 0.2) is 24.3 Å². The van der Waals surface area contributed by atoms with Gasteiger partial charge in [-0.25, -0.2) is 4.79 Å². The summed E-state index contributed by atoms with van der Waals surface area (Å²) in [6, 6.07) is 7.87. The molecule has 2 amide bonds. The number of hydrogen-bond donors (Lipinski definition) is 2. The van der Waals surface area contributed by atoms with Gasteiger partial charge in [0, 0.05) is 17.2 Å². The minimum Gasteiger partial charge on any atom is -0.497 e. The number of carbonyl (C=O) groups excluding carboxylic acids is 1. The molecule has 116 valence electrons. The Kier molecular flexibility index (Phi) is 3.75. The predicted molar refractivity (Wildman–Crippen MR) is 83.5 cm³/mol. The van der Waals surface area contributed by atoms with Crippen molar-refractivity contribution in [1.82, 2.24) is 20.4 Å². The molecule has 2 aromatic rings. The van der Waals surface area contributed by atoms with E-state index in [0.717, 1.165) is 28.3 Å². The van der Waals surface area contributed by atoms with Crippen LogP contribution in [0.3, 0.4) is 0 Å². The van der Waals surface area contributed by atoms with Crippen molar-refractivity contribution in [2.45, 2.75) is 33.0 Å². The highest BCUT2D eigenvalue weighted by Gasteiger charge is 2.28. The summed E-state index contributed by atoms with van der Waals surface area (Å²) < 4.78 is 5.18. The van der Waals surface area contributed by atoms with Crippen LogP contribution in [0.25, 0.3) is 11.3 Å². The molecule has 6 nitrogen and oxygen atoms in total. The van der Waals surface area contributed by atoms with E-state index in [1.165, 1.54) is 0 Å². The number of ether oxygens (including phenoxy) is 1. The summed E-state index contributed by atoms with van der Waals surface area (Å²) in [5, 5.41) is 10.4. The summed E-state index contributed by atoms with van der Waals surface area (Å²) in [4.78, 5) is 13.9. The highest BCUT2D eigenvalue weighted by atomic mass is 16.5. The molecule has 0 bridgehead atoms. The molecule has 0 saturated carbocycles. The van der Waals surface area contributed by atoms with Crippen LogP contribution in [0.1, 0.15) is 25.1 Å². The monoisotopic (exact) mass is 300 g/mol. The zero-order valence-corrected chi connectivity index (χ0v) is 13.0. The normalized spacial score (nSPS) is 13.4. The molecule has 0 radical (unpaired) electrons. The summed E-state index contributed by atoms with van der Waals surface area (Å²) in [6.07, 6.45) is 0. The van der Waals surface area contributed by atoms with Crippen molar-refractivity contribution in [3.05, 3.63) is 35.5 Å². The van der Waals surface area contributed by atoms with Gasteiger partial charge in [0.05, 0.1) is 31.6 Å². The molecule has 1 aromatic heterocycles. The summed E-state index contributed by atoms with van der Waals surface area (Å²) in [7, 11) is 1.65. The number of fused-ring (bicyclic) bond motifs is 1. The zero-order valence-electron chi connectivity index (χ0n) is 13.0. The van der Waals surface area contributed by atoms with Gasteiger partial charge in [-0.1, -0.05) is 0 Å². The fourth-order valence-electron chi connectivity index (χ4n) is 2.61. The summed E-state index contributed by atoms with van der Waals surface area (Å²) >= 11 is 0. The molecule has 2 heterocycles. The largest absolute Gasteiger partial charge is 0.497 e. The molecule has 3 rings (SSSR count). The first-order valence-corrected chi connectivity index (χ1v) is 7.34. The lowest BCUT2D eigenvalue weighted by molar-refractivity contribution is 0.195. The molecule has 0 unspecified atom stereocenters. The number of H-pyrrole nitrogens is 1. The van der Waals surface area contributed by atoms with Gasteiger partial charge in [-0.05, 0) is 38.1 Å². The average molecular weight is 300 g/mol. The Morgan fingerprint density at radius 2 is 2.05 bits per heavy atom. The highest BCUT2D eigenvalue weighted by molar-refractivity contribution is 5.76. The van der Waals surface area contributed by atoms with E-state index >= 15 is 0 Å². The number of hydrogen-bond acceptors (Lipinski definition) is 3. The second-order valence-electron chi connectivity index (χ2n) is 5.72. The minimum absolute atomic E-state index is 0.0414. The second kappa shape index (κ2) is 5.71. The number of benzene rings is 1. The van der Waals surface area contributed by atoms with E-state index in [1.54, 1.807) is 12.0 Å².